The Morgan fingerprint density at radius 1 is 0.971 bits per heavy atom. The van der Waals surface area contributed by atoms with Crippen molar-refractivity contribution in [3.8, 4) is 11.5 Å². The van der Waals surface area contributed by atoms with Gasteiger partial charge in [0, 0.05) is 18.4 Å². The van der Waals surface area contributed by atoms with Gasteiger partial charge in [0.2, 0.25) is 5.91 Å². The van der Waals surface area contributed by atoms with Crippen LogP contribution in [0.4, 0.5) is 5.69 Å². The molecule has 0 saturated carbocycles. The first-order valence-electron chi connectivity index (χ1n) is 11.1. The fraction of sp³-hybridized carbons (Fsp3) is 0.231. The van der Waals surface area contributed by atoms with Crippen molar-refractivity contribution in [3.63, 3.8) is 0 Å². The number of rotatable bonds is 8. The minimum atomic E-state index is -0.596. The van der Waals surface area contributed by atoms with E-state index in [9.17, 15) is 14.4 Å². The zero-order valence-electron chi connectivity index (χ0n) is 19.8. The van der Waals surface area contributed by atoms with Crippen LogP contribution in [0.1, 0.15) is 11.1 Å². The smallest absolute Gasteiger partial charge is 0.333 e. The number of hydrogen-bond acceptors (Lipinski definition) is 6. The average molecular weight is 475 g/mol. The lowest BCUT2D eigenvalue weighted by atomic mass is 10.1. The molecule has 9 heteroatoms. The second kappa shape index (κ2) is 10.3. The van der Waals surface area contributed by atoms with Crippen molar-refractivity contribution in [2.75, 3.05) is 19.5 Å². The molecular formula is C26H26N4O5. The first-order chi connectivity index (χ1) is 16.9. The Bertz CT molecular complexity index is 1510. The lowest BCUT2D eigenvalue weighted by Gasteiger charge is -2.14. The molecule has 0 aliphatic carbocycles. The van der Waals surface area contributed by atoms with Crippen LogP contribution in [0.5, 0.6) is 11.5 Å². The summed E-state index contributed by atoms with van der Waals surface area (Å²) in [6, 6.07) is 16.0. The Kier molecular flexibility index (Phi) is 6.96. The van der Waals surface area contributed by atoms with Crippen molar-refractivity contribution in [1.82, 2.24) is 14.1 Å². The minimum Gasteiger partial charge on any atom is -0.493 e. The quantitative estimate of drug-likeness (QED) is 0.421. The van der Waals surface area contributed by atoms with Crippen molar-refractivity contribution in [2.45, 2.75) is 26.4 Å². The lowest BCUT2D eigenvalue weighted by Crippen LogP contribution is -2.42. The Morgan fingerprint density at radius 2 is 1.77 bits per heavy atom. The number of carbonyl (C=O) groups is 1. The molecule has 0 bridgehead atoms. The third kappa shape index (κ3) is 5.08. The molecule has 180 valence electrons. The second-order valence-electron chi connectivity index (χ2n) is 8.06. The predicted octanol–water partition coefficient (Wildman–Crippen LogP) is 2.77. The fourth-order valence-electron chi connectivity index (χ4n) is 3.93. The largest absolute Gasteiger partial charge is 0.493 e. The van der Waals surface area contributed by atoms with Gasteiger partial charge >= 0.3 is 5.69 Å². The van der Waals surface area contributed by atoms with Crippen LogP contribution >= 0.6 is 0 Å². The van der Waals surface area contributed by atoms with Crippen molar-refractivity contribution in [1.29, 1.82) is 0 Å². The number of pyridine rings is 1. The molecule has 9 nitrogen and oxygen atoms in total. The molecule has 4 rings (SSSR count). The van der Waals surface area contributed by atoms with Gasteiger partial charge in [-0.05, 0) is 60.9 Å². The number of aromatic nitrogens is 3. The Balaban J connectivity index is 1.66. The van der Waals surface area contributed by atoms with Gasteiger partial charge in [0.1, 0.15) is 12.2 Å². The highest BCUT2D eigenvalue weighted by molar-refractivity contribution is 5.91. The van der Waals surface area contributed by atoms with Crippen LogP contribution in [0, 0.1) is 6.92 Å². The van der Waals surface area contributed by atoms with E-state index < -0.39 is 17.2 Å². The Hall–Kier alpha value is -4.40. The monoisotopic (exact) mass is 474 g/mol. The highest BCUT2D eigenvalue weighted by atomic mass is 16.5. The van der Waals surface area contributed by atoms with Crippen molar-refractivity contribution in [2.24, 2.45) is 0 Å². The van der Waals surface area contributed by atoms with Crippen molar-refractivity contribution >= 4 is 22.6 Å². The predicted molar refractivity (Wildman–Crippen MR) is 133 cm³/mol. The van der Waals surface area contributed by atoms with Gasteiger partial charge in [-0.15, -0.1) is 0 Å². The number of hydrogen-bond donors (Lipinski definition) is 1. The molecule has 1 N–H and O–H groups in total. The first kappa shape index (κ1) is 23.7. The zero-order chi connectivity index (χ0) is 24.9. The number of aryl methyl sites for hydroxylation is 2. The van der Waals surface area contributed by atoms with E-state index in [0.717, 1.165) is 15.7 Å². The summed E-state index contributed by atoms with van der Waals surface area (Å²) in [6.07, 6.45) is 1.89. The molecule has 2 aromatic heterocycles. The van der Waals surface area contributed by atoms with Gasteiger partial charge in [-0.3, -0.25) is 18.7 Å². The molecule has 35 heavy (non-hydrogen) atoms. The summed E-state index contributed by atoms with van der Waals surface area (Å²) in [5.41, 5.74) is 1.61. The molecule has 0 unspecified atom stereocenters. The lowest BCUT2D eigenvalue weighted by molar-refractivity contribution is -0.116. The minimum absolute atomic E-state index is 0.123. The first-order valence-corrected chi connectivity index (χ1v) is 11.1. The van der Waals surface area contributed by atoms with E-state index >= 15 is 0 Å². The standard InChI is InChI=1S/C26H26N4O5/c1-17-6-4-7-19(14-17)28-23(31)16-30-24-20(8-5-12-27-24)25(32)29(26(30)33)13-11-18-9-10-21(34-2)22(15-18)35-3/h4-10,12,14-15H,11,13,16H2,1-3H3,(H,28,31). The molecule has 1 amide bonds. The normalized spacial score (nSPS) is 10.8. The van der Waals surface area contributed by atoms with Crippen LogP contribution in [0.25, 0.3) is 11.0 Å². The third-order valence-electron chi connectivity index (χ3n) is 5.66. The highest BCUT2D eigenvalue weighted by Gasteiger charge is 2.17. The maximum Gasteiger partial charge on any atom is 0.333 e. The zero-order valence-corrected chi connectivity index (χ0v) is 19.8. The van der Waals surface area contributed by atoms with E-state index in [4.69, 9.17) is 9.47 Å². The van der Waals surface area contributed by atoms with Gasteiger partial charge in [-0.25, -0.2) is 9.78 Å². The number of fused-ring (bicyclic) bond motifs is 1. The number of anilines is 1. The topological polar surface area (TPSA) is 104 Å². The molecule has 4 aromatic rings. The van der Waals surface area contributed by atoms with Crippen molar-refractivity contribution < 1.29 is 14.3 Å². The van der Waals surface area contributed by atoms with Crippen LogP contribution in [0.3, 0.4) is 0 Å². The van der Waals surface area contributed by atoms with E-state index in [2.05, 4.69) is 10.3 Å². The summed E-state index contributed by atoms with van der Waals surface area (Å²) in [6.45, 7) is 1.76. The molecule has 0 radical (unpaired) electrons. The molecule has 2 heterocycles. The van der Waals surface area contributed by atoms with Gasteiger partial charge in [0.25, 0.3) is 5.56 Å². The van der Waals surface area contributed by atoms with Gasteiger partial charge in [0.15, 0.2) is 11.5 Å². The van der Waals surface area contributed by atoms with Gasteiger partial charge in [-0.1, -0.05) is 18.2 Å². The number of nitrogens with one attached hydrogen (secondary N) is 1. The summed E-state index contributed by atoms with van der Waals surface area (Å²) < 4.78 is 13.0. The number of amides is 1. The molecule has 0 fully saturated rings. The van der Waals surface area contributed by atoms with Crippen LogP contribution in [-0.2, 0) is 24.3 Å². The van der Waals surface area contributed by atoms with E-state index in [1.54, 1.807) is 44.6 Å². The molecule has 0 atom stereocenters. The molecule has 0 spiro atoms. The van der Waals surface area contributed by atoms with Crippen LogP contribution < -0.4 is 26.0 Å². The van der Waals surface area contributed by atoms with E-state index in [1.807, 2.05) is 31.2 Å². The Morgan fingerprint density at radius 3 is 2.51 bits per heavy atom. The van der Waals surface area contributed by atoms with Gasteiger partial charge in [-0.2, -0.15) is 0 Å². The average Bonchev–Trinajstić information content (AvgIpc) is 2.86. The molecule has 0 aliphatic heterocycles. The van der Waals surface area contributed by atoms with Crippen LogP contribution in [0.2, 0.25) is 0 Å². The van der Waals surface area contributed by atoms with E-state index in [-0.39, 0.29) is 24.1 Å². The molecule has 0 aliphatic rings. The summed E-state index contributed by atoms with van der Waals surface area (Å²) in [4.78, 5) is 43.5. The maximum atomic E-state index is 13.4. The van der Waals surface area contributed by atoms with Gasteiger partial charge < -0.3 is 14.8 Å². The van der Waals surface area contributed by atoms with Crippen molar-refractivity contribution in [3.05, 3.63) is 92.8 Å². The fourth-order valence-corrected chi connectivity index (χ4v) is 3.93. The van der Waals surface area contributed by atoms with E-state index in [0.29, 0.717) is 23.6 Å². The SMILES string of the molecule is COc1ccc(CCn2c(=O)c3cccnc3n(CC(=O)Nc3cccc(C)c3)c2=O)cc1OC. The number of methoxy groups -OCH3 is 2. The maximum absolute atomic E-state index is 13.4. The van der Waals surface area contributed by atoms with Crippen LogP contribution in [-0.4, -0.2) is 34.2 Å². The number of ether oxygens (including phenoxy) is 2. The number of benzene rings is 2. The summed E-state index contributed by atoms with van der Waals surface area (Å²) in [5.74, 6) is 0.757. The summed E-state index contributed by atoms with van der Waals surface area (Å²) in [7, 11) is 3.10. The summed E-state index contributed by atoms with van der Waals surface area (Å²) in [5, 5.41) is 3.07. The van der Waals surface area contributed by atoms with Gasteiger partial charge in [0.05, 0.1) is 19.6 Å². The number of nitrogens with zero attached hydrogens (tertiary/aromatic N) is 3. The van der Waals surface area contributed by atoms with Crippen LogP contribution in [0.15, 0.2) is 70.4 Å². The molecule has 0 saturated heterocycles. The molecule has 2 aromatic carbocycles. The second-order valence-corrected chi connectivity index (χ2v) is 8.06. The molecular weight excluding hydrogens is 448 g/mol. The highest BCUT2D eigenvalue weighted by Crippen LogP contribution is 2.27. The summed E-state index contributed by atoms with van der Waals surface area (Å²) >= 11 is 0. The number of carbonyl (C=O) groups excluding carboxylic acids is 1. The Labute approximate surface area is 201 Å². The van der Waals surface area contributed by atoms with E-state index in [1.165, 1.54) is 10.8 Å². The third-order valence-corrected chi connectivity index (χ3v) is 5.66.